The summed E-state index contributed by atoms with van der Waals surface area (Å²) >= 11 is 0. The van der Waals surface area contributed by atoms with Crippen LogP contribution in [0.2, 0.25) is 0 Å². The summed E-state index contributed by atoms with van der Waals surface area (Å²) in [6.45, 7) is 3.57. The monoisotopic (exact) mass is 232 g/mol. The molecular formula is C11H20O5. The van der Waals surface area contributed by atoms with Crippen molar-refractivity contribution in [3.8, 4) is 0 Å². The first kappa shape index (κ1) is 13.4. The molecule has 0 aromatic rings. The van der Waals surface area contributed by atoms with Crippen molar-refractivity contribution in [1.29, 1.82) is 0 Å². The Labute approximate surface area is 95.7 Å². The number of hydrogen-bond donors (Lipinski definition) is 1. The fraction of sp³-hybridized carbons (Fsp3) is 0.909. The molecule has 1 aliphatic heterocycles. The van der Waals surface area contributed by atoms with Gasteiger partial charge in [0.2, 0.25) is 0 Å². The van der Waals surface area contributed by atoms with Crippen molar-refractivity contribution in [3.63, 3.8) is 0 Å². The van der Waals surface area contributed by atoms with Crippen molar-refractivity contribution in [1.82, 2.24) is 0 Å². The maximum absolute atomic E-state index is 10.9. The van der Waals surface area contributed by atoms with E-state index in [9.17, 15) is 4.79 Å². The van der Waals surface area contributed by atoms with Crippen LogP contribution >= 0.6 is 0 Å². The van der Waals surface area contributed by atoms with Gasteiger partial charge >= 0.3 is 5.97 Å². The summed E-state index contributed by atoms with van der Waals surface area (Å²) in [6.07, 6.45) is 1.28. The lowest BCUT2D eigenvalue weighted by molar-refractivity contribution is -0.149. The van der Waals surface area contributed by atoms with Crippen LogP contribution in [-0.4, -0.2) is 42.8 Å². The van der Waals surface area contributed by atoms with Gasteiger partial charge in [-0.05, 0) is 26.7 Å². The summed E-state index contributed by atoms with van der Waals surface area (Å²) in [5, 5.41) is 9.13. The molecule has 0 aliphatic carbocycles. The van der Waals surface area contributed by atoms with Crippen LogP contribution in [0.3, 0.4) is 0 Å². The predicted molar refractivity (Wildman–Crippen MR) is 56.8 cm³/mol. The third-order valence-corrected chi connectivity index (χ3v) is 2.56. The molecule has 94 valence electrons. The van der Waals surface area contributed by atoms with Crippen LogP contribution in [0.25, 0.3) is 0 Å². The maximum Gasteiger partial charge on any atom is 0.305 e. The highest BCUT2D eigenvalue weighted by Crippen LogP contribution is 2.30. The Bertz CT molecular complexity index is 239. The molecule has 0 bridgehead atoms. The summed E-state index contributed by atoms with van der Waals surface area (Å²) in [5.41, 5.74) is 0. The SMILES string of the molecule is COC(=O)CCC[C@@H]1OC(C)(C)O[C@@H]1CO. The molecule has 16 heavy (non-hydrogen) atoms. The quantitative estimate of drug-likeness (QED) is 0.712. The molecule has 5 nitrogen and oxygen atoms in total. The van der Waals surface area contributed by atoms with Crippen LogP contribution in [0.15, 0.2) is 0 Å². The molecule has 1 fully saturated rings. The first-order valence-electron chi connectivity index (χ1n) is 5.52. The zero-order valence-electron chi connectivity index (χ0n) is 10.1. The van der Waals surface area contributed by atoms with Crippen LogP contribution in [0, 0.1) is 0 Å². The van der Waals surface area contributed by atoms with E-state index >= 15 is 0 Å². The molecule has 0 unspecified atom stereocenters. The van der Waals surface area contributed by atoms with E-state index in [-0.39, 0.29) is 24.8 Å². The second-order valence-corrected chi connectivity index (χ2v) is 4.36. The van der Waals surface area contributed by atoms with Crippen molar-refractivity contribution in [2.24, 2.45) is 0 Å². The zero-order chi connectivity index (χ0) is 12.2. The lowest BCUT2D eigenvalue weighted by Gasteiger charge is -2.16. The fourth-order valence-corrected chi connectivity index (χ4v) is 1.86. The molecule has 0 aromatic heterocycles. The van der Waals surface area contributed by atoms with Gasteiger partial charge in [-0.25, -0.2) is 0 Å². The van der Waals surface area contributed by atoms with Gasteiger partial charge in [0.05, 0.1) is 19.8 Å². The van der Waals surface area contributed by atoms with Gasteiger partial charge in [-0.3, -0.25) is 4.79 Å². The van der Waals surface area contributed by atoms with Gasteiger partial charge in [-0.15, -0.1) is 0 Å². The molecule has 1 saturated heterocycles. The van der Waals surface area contributed by atoms with Crippen LogP contribution in [0.5, 0.6) is 0 Å². The van der Waals surface area contributed by atoms with Crippen LogP contribution in [0.4, 0.5) is 0 Å². The number of methoxy groups -OCH3 is 1. The standard InChI is InChI=1S/C11H20O5/c1-11(2)15-8(9(7-12)16-11)5-4-6-10(13)14-3/h8-9,12H,4-7H2,1-3H3/t8-,9+/m0/s1. The number of esters is 1. The Balaban J connectivity index is 2.33. The second-order valence-electron chi connectivity index (χ2n) is 4.36. The van der Waals surface area contributed by atoms with E-state index in [2.05, 4.69) is 4.74 Å². The Hall–Kier alpha value is -0.650. The molecule has 0 saturated carbocycles. The Morgan fingerprint density at radius 2 is 2.00 bits per heavy atom. The summed E-state index contributed by atoms with van der Waals surface area (Å²) in [5.74, 6) is -0.873. The molecule has 1 aliphatic rings. The van der Waals surface area contributed by atoms with E-state index < -0.39 is 5.79 Å². The van der Waals surface area contributed by atoms with Crippen molar-refractivity contribution < 1.29 is 24.1 Å². The van der Waals surface area contributed by atoms with Gasteiger partial charge in [0.1, 0.15) is 6.10 Å². The molecule has 0 amide bonds. The first-order chi connectivity index (χ1) is 7.48. The molecular weight excluding hydrogens is 212 g/mol. The van der Waals surface area contributed by atoms with Crippen molar-refractivity contribution in [2.75, 3.05) is 13.7 Å². The van der Waals surface area contributed by atoms with Crippen LogP contribution < -0.4 is 0 Å². The van der Waals surface area contributed by atoms with Gasteiger partial charge in [0.25, 0.3) is 0 Å². The molecule has 1 heterocycles. The average Bonchev–Trinajstić information content (AvgIpc) is 2.53. The van der Waals surface area contributed by atoms with Gasteiger partial charge < -0.3 is 19.3 Å². The Kier molecular flexibility index (Phi) is 4.70. The summed E-state index contributed by atoms with van der Waals surface area (Å²) in [4.78, 5) is 10.9. The largest absolute Gasteiger partial charge is 0.469 e. The van der Waals surface area contributed by atoms with E-state index in [4.69, 9.17) is 14.6 Å². The van der Waals surface area contributed by atoms with Gasteiger partial charge in [0.15, 0.2) is 5.79 Å². The zero-order valence-corrected chi connectivity index (χ0v) is 10.1. The molecule has 1 N–H and O–H groups in total. The molecule has 0 aromatic carbocycles. The normalized spacial score (nSPS) is 28.0. The van der Waals surface area contributed by atoms with E-state index in [1.165, 1.54) is 7.11 Å². The predicted octanol–water partition coefficient (Wildman–Crippen LogP) is 0.842. The van der Waals surface area contributed by atoms with Gasteiger partial charge in [0, 0.05) is 6.42 Å². The van der Waals surface area contributed by atoms with Gasteiger partial charge in [-0.2, -0.15) is 0 Å². The van der Waals surface area contributed by atoms with Crippen LogP contribution in [0.1, 0.15) is 33.1 Å². The van der Waals surface area contributed by atoms with Crippen molar-refractivity contribution >= 4 is 5.97 Å². The number of carbonyl (C=O) groups is 1. The highest BCUT2D eigenvalue weighted by Gasteiger charge is 2.40. The fourth-order valence-electron chi connectivity index (χ4n) is 1.86. The van der Waals surface area contributed by atoms with Crippen molar-refractivity contribution in [2.45, 2.75) is 51.1 Å². The van der Waals surface area contributed by atoms with Gasteiger partial charge in [-0.1, -0.05) is 0 Å². The van der Waals surface area contributed by atoms with E-state index in [1.807, 2.05) is 13.8 Å². The third-order valence-electron chi connectivity index (χ3n) is 2.56. The minimum atomic E-state index is -0.649. The minimum absolute atomic E-state index is 0.0632. The molecule has 0 radical (unpaired) electrons. The maximum atomic E-state index is 10.9. The lowest BCUT2D eigenvalue weighted by atomic mass is 10.1. The number of ether oxygens (including phenoxy) is 3. The Morgan fingerprint density at radius 3 is 2.56 bits per heavy atom. The first-order valence-corrected chi connectivity index (χ1v) is 5.52. The van der Waals surface area contributed by atoms with Crippen molar-refractivity contribution in [3.05, 3.63) is 0 Å². The highest BCUT2D eigenvalue weighted by molar-refractivity contribution is 5.68. The number of aliphatic hydroxyl groups excluding tert-OH is 1. The summed E-state index contributed by atoms with van der Waals surface area (Å²) in [7, 11) is 1.37. The number of carbonyl (C=O) groups excluding carboxylic acids is 1. The third kappa shape index (κ3) is 3.73. The number of aliphatic hydroxyl groups is 1. The minimum Gasteiger partial charge on any atom is -0.469 e. The molecule has 0 spiro atoms. The van der Waals surface area contributed by atoms with Crippen LogP contribution in [-0.2, 0) is 19.0 Å². The number of hydrogen-bond acceptors (Lipinski definition) is 5. The molecule has 1 rings (SSSR count). The van der Waals surface area contributed by atoms with E-state index in [0.29, 0.717) is 19.3 Å². The second kappa shape index (κ2) is 5.61. The lowest BCUT2D eigenvalue weighted by Crippen LogP contribution is -2.26. The highest BCUT2D eigenvalue weighted by atomic mass is 16.8. The topological polar surface area (TPSA) is 65.0 Å². The van der Waals surface area contributed by atoms with E-state index in [1.54, 1.807) is 0 Å². The Morgan fingerprint density at radius 1 is 1.38 bits per heavy atom. The average molecular weight is 232 g/mol. The van der Waals surface area contributed by atoms with E-state index in [0.717, 1.165) is 0 Å². The molecule has 5 heteroatoms. The summed E-state index contributed by atoms with van der Waals surface area (Å²) in [6, 6.07) is 0. The molecule has 2 atom stereocenters. The smallest absolute Gasteiger partial charge is 0.305 e. The number of rotatable bonds is 5. The summed E-state index contributed by atoms with van der Waals surface area (Å²) < 4.78 is 15.7.